The van der Waals surface area contributed by atoms with Gasteiger partial charge in [0.05, 0.1) is 0 Å². The lowest BCUT2D eigenvalue weighted by Gasteiger charge is -2.15. The van der Waals surface area contributed by atoms with Crippen molar-refractivity contribution in [2.24, 2.45) is 0 Å². The van der Waals surface area contributed by atoms with Crippen LogP contribution in [0.4, 0.5) is 8.78 Å². The molecule has 1 atom stereocenters. The van der Waals surface area contributed by atoms with Crippen LogP contribution < -0.4 is 4.74 Å². The van der Waals surface area contributed by atoms with E-state index in [9.17, 15) is 13.9 Å². The van der Waals surface area contributed by atoms with Crippen molar-refractivity contribution in [1.29, 1.82) is 0 Å². The van der Waals surface area contributed by atoms with Crippen LogP contribution in [0.1, 0.15) is 17.2 Å². The SMILES string of the molecule is Cc1ccccc1C(O)COc1c(F)cccc1F. The first-order valence-corrected chi connectivity index (χ1v) is 5.90. The number of para-hydroxylation sites is 1. The third kappa shape index (κ3) is 3.09. The fraction of sp³-hybridized carbons (Fsp3) is 0.200. The largest absolute Gasteiger partial charge is 0.484 e. The molecule has 2 rings (SSSR count). The van der Waals surface area contributed by atoms with Gasteiger partial charge in [-0.1, -0.05) is 30.3 Å². The van der Waals surface area contributed by atoms with E-state index in [0.29, 0.717) is 5.56 Å². The van der Waals surface area contributed by atoms with E-state index in [2.05, 4.69) is 0 Å². The van der Waals surface area contributed by atoms with Crippen LogP contribution in [-0.2, 0) is 0 Å². The quantitative estimate of drug-likeness (QED) is 0.917. The van der Waals surface area contributed by atoms with Crippen LogP contribution in [-0.4, -0.2) is 11.7 Å². The lowest BCUT2D eigenvalue weighted by Crippen LogP contribution is -2.12. The van der Waals surface area contributed by atoms with Crippen LogP contribution >= 0.6 is 0 Å². The molecule has 0 saturated heterocycles. The lowest BCUT2D eigenvalue weighted by molar-refractivity contribution is 0.102. The molecule has 0 bridgehead atoms. The number of halogens is 2. The molecule has 0 radical (unpaired) electrons. The molecule has 2 nitrogen and oxygen atoms in total. The Hall–Kier alpha value is -1.94. The Balaban J connectivity index is 2.09. The molecule has 0 aliphatic heterocycles. The van der Waals surface area contributed by atoms with Crippen LogP contribution in [0.5, 0.6) is 5.75 Å². The molecule has 100 valence electrons. The number of rotatable bonds is 4. The van der Waals surface area contributed by atoms with Crippen molar-refractivity contribution in [2.45, 2.75) is 13.0 Å². The predicted octanol–water partition coefficient (Wildman–Crippen LogP) is 3.39. The summed E-state index contributed by atoms with van der Waals surface area (Å²) in [6.45, 7) is 1.64. The molecule has 19 heavy (non-hydrogen) atoms. The van der Waals surface area contributed by atoms with Crippen LogP contribution in [0.2, 0.25) is 0 Å². The highest BCUT2D eigenvalue weighted by Crippen LogP contribution is 2.23. The van der Waals surface area contributed by atoms with Gasteiger partial charge in [-0.3, -0.25) is 0 Å². The van der Waals surface area contributed by atoms with Gasteiger partial charge in [-0.25, -0.2) is 8.78 Å². The van der Waals surface area contributed by atoms with Gasteiger partial charge < -0.3 is 9.84 Å². The standard InChI is InChI=1S/C15H14F2O2/c1-10-5-2-3-6-11(10)14(18)9-19-15-12(16)7-4-8-13(15)17/h2-8,14,18H,9H2,1H3. The van der Waals surface area contributed by atoms with Crippen molar-refractivity contribution in [1.82, 2.24) is 0 Å². The summed E-state index contributed by atoms with van der Waals surface area (Å²) < 4.78 is 31.7. The van der Waals surface area contributed by atoms with Crippen molar-refractivity contribution in [2.75, 3.05) is 6.61 Å². The highest BCUT2D eigenvalue weighted by Gasteiger charge is 2.14. The van der Waals surface area contributed by atoms with E-state index in [1.807, 2.05) is 19.1 Å². The zero-order valence-corrected chi connectivity index (χ0v) is 10.4. The molecule has 2 aromatic rings. The van der Waals surface area contributed by atoms with Gasteiger partial charge in [0, 0.05) is 0 Å². The zero-order valence-electron chi connectivity index (χ0n) is 10.4. The van der Waals surface area contributed by atoms with Gasteiger partial charge in [0.2, 0.25) is 0 Å². The molecule has 0 aromatic heterocycles. The zero-order chi connectivity index (χ0) is 13.8. The van der Waals surface area contributed by atoms with Crippen LogP contribution in [0.3, 0.4) is 0 Å². The Kier molecular flexibility index (Phi) is 4.12. The number of benzene rings is 2. The topological polar surface area (TPSA) is 29.5 Å². The smallest absolute Gasteiger partial charge is 0.190 e. The second-order valence-electron chi connectivity index (χ2n) is 4.23. The molecular weight excluding hydrogens is 250 g/mol. The third-order valence-electron chi connectivity index (χ3n) is 2.85. The van der Waals surface area contributed by atoms with Gasteiger partial charge in [-0.2, -0.15) is 0 Å². The minimum absolute atomic E-state index is 0.206. The number of hydrogen-bond donors (Lipinski definition) is 1. The number of hydrogen-bond acceptors (Lipinski definition) is 2. The molecule has 0 amide bonds. The van der Waals surface area contributed by atoms with E-state index in [1.165, 1.54) is 6.07 Å². The maximum Gasteiger partial charge on any atom is 0.190 e. The predicted molar refractivity (Wildman–Crippen MR) is 68.0 cm³/mol. The van der Waals surface area contributed by atoms with Gasteiger partial charge in [0.25, 0.3) is 0 Å². The molecule has 2 aromatic carbocycles. The van der Waals surface area contributed by atoms with Crippen LogP contribution in [0.15, 0.2) is 42.5 Å². The van der Waals surface area contributed by atoms with Crippen molar-refractivity contribution >= 4 is 0 Å². The second kappa shape index (κ2) is 5.80. The number of aryl methyl sites for hydroxylation is 1. The van der Waals surface area contributed by atoms with E-state index < -0.39 is 23.5 Å². The third-order valence-corrected chi connectivity index (χ3v) is 2.85. The van der Waals surface area contributed by atoms with Gasteiger partial charge in [0.1, 0.15) is 12.7 Å². The van der Waals surface area contributed by atoms with E-state index >= 15 is 0 Å². The molecule has 0 fully saturated rings. The summed E-state index contributed by atoms with van der Waals surface area (Å²) >= 11 is 0. The second-order valence-corrected chi connectivity index (χ2v) is 4.23. The molecule has 0 heterocycles. The fourth-order valence-corrected chi connectivity index (χ4v) is 1.83. The highest BCUT2D eigenvalue weighted by atomic mass is 19.1. The Morgan fingerprint density at radius 3 is 2.32 bits per heavy atom. The van der Waals surface area contributed by atoms with Crippen LogP contribution in [0, 0.1) is 18.6 Å². The van der Waals surface area contributed by atoms with Gasteiger partial charge in [0.15, 0.2) is 17.4 Å². The van der Waals surface area contributed by atoms with Crippen molar-refractivity contribution in [3.63, 3.8) is 0 Å². The van der Waals surface area contributed by atoms with Crippen molar-refractivity contribution < 1.29 is 18.6 Å². The van der Waals surface area contributed by atoms with Crippen molar-refractivity contribution in [3.8, 4) is 5.75 Å². The first-order chi connectivity index (χ1) is 9.09. The van der Waals surface area contributed by atoms with Crippen molar-refractivity contribution in [3.05, 3.63) is 65.2 Å². The van der Waals surface area contributed by atoms with Crippen LogP contribution in [0.25, 0.3) is 0 Å². The van der Waals surface area contributed by atoms with Gasteiger partial charge >= 0.3 is 0 Å². The number of aliphatic hydroxyl groups is 1. The average Bonchev–Trinajstić information content (AvgIpc) is 2.38. The first kappa shape index (κ1) is 13.5. The minimum Gasteiger partial charge on any atom is -0.484 e. The number of aliphatic hydroxyl groups excluding tert-OH is 1. The summed E-state index contributed by atoms with van der Waals surface area (Å²) in [5, 5.41) is 9.97. The first-order valence-electron chi connectivity index (χ1n) is 5.90. The Morgan fingerprint density at radius 2 is 1.68 bits per heavy atom. The molecular formula is C15H14F2O2. The molecule has 1 N–H and O–H groups in total. The monoisotopic (exact) mass is 264 g/mol. The summed E-state index contributed by atoms with van der Waals surface area (Å²) in [6.07, 6.45) is -0.930. The molecule has 0 saturated carbocycles. The summed E-state index contributed by atoms with van der Waals surface area (Å²) in [7, 11) is 0. The molecule has 4 heteroatoms. The maximum absolute atomic E-state index is 13.3. The fourth-order valence-electron chi connectivity index (χ4n) is 1.83. The Labute approximate surface area is 110 Å². The minimum atomic E-state index is -0.930. The molecule has 0 spiro atoms. The van der Waals surface area contributed by atoms with Gasteiger partial charge in [-0.05, 0) is 30.2 Å². The van der Waals surface area contributed by atoms with E-state index in [1.54, 1.807) is 12.1 Å². The van der Waals surface area contributed by atoms with Gasteiger partial charge in [-0.15, -0.1) is 0 Å². The Morgan fingerprint density at radius 1 is 1.05 bits per heavy atom. The summed E-state index contributed by atoms with van der Waals surface area (Å²) in [4.78, 5) is 0. The summed E-state index contributed by atoms with van der Waals surface area (Å²) in [5.74, 6) is -2.02. The summed E-state index contributed by atoms with van der Waals surface area (Å²) in [5.41, 5.74) is 1.58. The Bertz CT molecular complexity index is 550. The normalized spacial score (nSPS) is 12.2. The van der Waals surface area contributed by atoms with E-state index in [4.69, 9.17) is 4.74 Å². The molecule has 0 aliphatic rings. The van der Waals surface area contributed by atoms with E-state index in [0.717, 1.165) is 17.7 Å². The average molecular weight is 264 g/mol. The molecule has 1 unspecified atom stereocenters. The summed E-state index contributed by atoms with van der Waals surface area (Å²) in [6, 6.07) is 10.7. The number of ether oxygens (including phenoxy) is 1. The highest BCUT2D eigenvalue weighted by molar-refractivity contribution is 5.29. The van der Waals surface area contributed by atoms with E-state index in [-0.39, 0.29) is 6.61 Å². The maximum atomic E-state index is 13.3. The molecule has 0 aliphatic carbocycles. The lowest BCUT2D eigenvalue weighted by atomic mass is 10.0.